The minimum Gasteiger partial charge on any atom is -0.484 e. The molecule has 0 aliphatic heterocycles. The molecule has 2 N–H and O–H groups in total. The number of carbonyl (C=O) groups is 1. The van der Waals surface area contributed by atoms with Gasteiger partial charge < -0.3 is 15.4 Å². The van der Waals surface area contributed by atoms with Crippen molar-refractivity contribution in [2.75, 3.05) is 20.2 Å². The predicted molar refractivity (Wildman–Crippen MR) is 63.8 cm³/mol. The summed E-state index contributed by atoms with van der Waals surface area (Å²) < 4.78 is 40.6. The zero-order chi connectivity index (χ0) is 14.3. The molecule has 0 aromatic heterocycles. The maximum atomic E-state index is 11.8. The van der Waals surface area contributed by atoms with E-state index >= 15 is 0 Å². The van der Waals surface area contributed by atoms with Gasteiger partial charge >= 0.3 is 6.18 Å². The first-order valence-electron chi connectivity index (χ1n) is 5.60. The molecule has 7 heteroatoms. The summed E-state index contributed by atoms with van der Waals surface area (Å²) in [5.74, 6) is -0.376. The molecule has 0 aliphatic rings. The van der Waals surface area contributed by atoms with Crippen LogP contribution >= 0.6 is 0 Å². The van der Waals surface area contributed by atoms with Crippen LogP contribution in [0.4, 0.5) is 13.2 Å². The fourth-order valence-electron chi connectivity index (χ4n) is 1.31. The number of carbonyl (C=O) groups excluding carboxylic acids is 1. The molecule has 0 saturated heterocycles. The Morgan fingerprint density at radius 1 is 1.26 bits per heavy atom. The van der Waals surface area contributed by atoms with Crippen LogP contribution in [0.5, 0.6) is 5.75 Å². The summed E-state index contributed by atoms with van der Waals surface area (Å²) in [6.45, 7) is -1.09. The highest BCUT2D eigenvalue weighted by atomic mass is 19.4. The van der Waals surface area contributed by atoms with Gasteiger partial charge in [-0.15, -0.1) is 0 Å². The summed E-state index contributed by atoms with van der Waals surface area (Å²) in [6.07, 6.45) is -4.41. The van der Waals surface area contributed by atoms with Gasteiger partial charge in [-0.25, -0.2) is 0 Å². The molecule has 0 spiro atoms. The van der Waals surface area contributed by atoms with Gasteiger partial charge in [-0.3, -0.25) is 4.79 Å². The molecule has 1 aromatic rings. The van der Waals surface area contributed by atoms with E-state index in [0.29, 0.717) is 12.3 Å². The third-order valence-corrected chi connectivity index (χ3v) is 2.16. The smallest absolute Gasteiger partial charge is 0.405 e. The third kappa shape index (κ3) is 6.66. The first-order valence-corrected chi connectivity index (χ1v) is 5.60. The Morgan fingerprint density at radius 2 is 1.89 bits per heavy atom. The summed E-state index contributed by atoms with van der Waals surface area (Å²) >= 11 is 0. The highest BCUT2D eigenvalue weighted by molar-refractivity contribution is 5.77. The lowest BCUT2D eigenvalue weighted by molar-refractivity contribution is -0.139. The van der Waals surface area contributed by atoms with E-state index in [4.69, 9.17) is 4.74 Å². The second kappa shape index (κ2) is 6.98. The average molecular weight is 276 g/mol. The van der Waals surface area contributed by atoms with Crippen LogP contribution in [0, 0.1) is 0 Å². The number of alkyl halides is 3. The largest absolute Gasteiger partial charge is 0.484 e. The molecule has 4 nitrogen and oxygen atoms in total. The highest BCUT2D eigenvalue weighted by Gasteiger charge is 2.27. The number of rotatable bonds is 6. The Bertz CT molecular complexity index is 404. The van der Waals surface area contributed by atoms with Crippen molar-refractivity contribution in [1.82, 2.24) is 10.6 Å². The maximum absolute atomic E-state index is 11.8. The van der Waals surface area contributed by atoms with Crippen molar-refractivity contribution in [2.45, 2.75) is 12.7 Å². The number of hydrogen-bond donors (Lipinski definition) is 2. The van der Waals surface area contributed by atoms with Gasteiger partial charge in [0.2, 0.25) is 0 Å². The normalized spacial score (nSPS) is 11.2. The molecular weight excluding hydrogens is 261 g/mol. The van der Waals surface area contributed by atoms with Crippen molar-refractivity contribution in [3.8, 4) is 5.75 Å². The molecule has 0 heterocycles. The number of nitrogens with one attached hydrogen (secondary N) is 2. The van der Waals surface area contributed by atoms with Crippen LogP contribution in [-0.4, -0.2) is 32.3 Å². The fourth-order valence-corrected chi connectivity index (χ4v) is 1.31. The van der Waals surface area contributed by atoms with Gasteiger partial charge in [0, 0.05) is 6.54 Å². The summed E-state index contributed by atoms with van der Waals surface area (Å²) in [7, 11) is 1.81. The van der Waals surface area contributed by atoms with Crippen molar-refractivity contribution >= 4 is 5.91 Å². The Balaban J connectivity index is 2.33. The molecule has 1 aromatic carbocycles. The molecule has 19 heavy (non-hydrogen) atoms. The topological polar surface area (TPSA) is 50.4 Å². The highest BCUT2D eigenvalue weighted by Crippen LogP contribution is 2.13. The lowest BCUT2D eigenvalue weighted by atomic mass is 10.2. The van der Waals surface area contributed by atoms with Crippen molar-refractivity contribution in [1.29, 1.82) is 0 Å². The van der Waals surface area contributed by atoms with Crippen LogP contribution in [0.1, 0.15) is 5.56 Å². The third-order valence-electron chi connectivity index (χ3n) is 2.16. The van der Waals surface area contributed by atoms with Crippen LogP contribution in [0.2, 0.25) is 0 Å². The van der Waals surface area contributed by atoms with Gasteiger partial charge in [0.1, 0.15) is 12.3 Å². The second-order valence-electron chi connectivity index (χ2n) is 3.85. The molecule has 0 saturated carbocycles. The van der Waals surface area contributed by atoms with Crippen molar-refractivity contribution < 1.29 is 22.7 Å². The number of ether oxygens (including phenoxy) is 1. The quantitative estimate of drug-likeness (QED) is 0.827. The van der Waals surface area contributed by atoms with Gasteiger partial charge in [0.25, 0.3) is 5.91 Å². The van der Waals surface area contributed by atoms with Gasteiger partial charge in [0.05, 0.1) is 0 Å². The van der Waals surface area contributed by atoms with E-state index in [9.17, 15) is 18.0 Å². The number of hydrogen-bond acceptors (Lipinski definition) is 3. The summed E-state index contributed by atoms with van der Waals surface area (Å²) in [5.41, 5.74) is 1.04. The molecule has 1 amide bonds. The van der Waals surface area contributed by atoms with E-state index in [0.717, 1.165) is 5.56 Å². The predicted octanol–water partition coefficient (Wildman–Crippen LogP) is 1.46. The first-order chi connectivity index (χ1) is 8.90. The average Bonchev–Trinajstić information content (AvgIpc) is 2.35. The standard InChI is InChI=1S/C12H15F3N2O2/c1-16-6-9-2-4-10(5-3-9)19-7-11(18)17-8-12(13,14)15/h2-5,16H,6-8H2,1H3,(H,17,18). The maximum Gasteiger partial charge on any atom is 0.405 e. The first kappa shape index (κ1) is 15.3. The molecular formula is C12H15F3N2O2. The van der Waals surface area contributed by atoms with E-state index in [1.165, 1.54) is 0 Å². The summed E-state index contributed by atoms with van der Waals surface area (Å²) in [4.78, 5) is 11.1. The van der Waals surface area contributed by atoms with Gasteiger partial charge in [-0.05, 0) is 24.7 Å². The lowest BCUT2D eigenvalue weighted by Gasteiger charge is -2.09. The lowest BCUT2D eigenvalue weighted by Crippen LogP contribution is -2.36. The van der Waals surface area contributed by atoms with E-state index in [1.807, 2.05) is 7.05 Å². The van der Waals surface area contributed by atoms with Gasteiger partial charge in [0.15, 0.2) is 6.61 Å². The zero-order valence-corrected chi connectivity index (χ0v) is 10.4. The molecule has 0 aliphatic carbocycles. The Labute approximate surface area is 108 Å². The van der Waals surface area contributed by atoms with Crippen LogP contribution in [0.15, 0.2) is 24.3 Å². The monoisotopic (exact) mass is 276 g/mol. The minimum absolute atomic E-state index is 0.432. The summed E-state index contributed by atoms with van der Waals surface area (Å²) in [5, 5.41) is 4.70. The van der Waals surface area contributed by atoms with Crippen LogP contribution in [0.25, 0.3) is 0 Å². The molecule has 0 unspecified atom stereocenters. The number of amides is 1. The fraction of sp³-hybridized carbons (Fsp3) is 0.417. The summed E-state index contributed by atoms with van der Waals surface area (Å²) in [6, 6.07) is 6.92. The van der Waals surface area contributed by atoms with Crippen LogP contribution < -0.4 is 15.4 Å². The van der Waals surface area contributed by atoms with Crippen molar-refractivity contribution in [3.63, 3.8) is 0 Å². The van der Waals surface area contributed by atoms with Crippen LogP contribution in [-0.2, 0) is 11.3 Å². The SMILES string of the molecule is CNCc1ccc(OCC(=O)NCC(F)(F)F)cc1. The van der Waals surface area contributed by atoms with Crippen molar-refractivity contribution in [3.05, 3.63) is 29.8 Å². The van der Waals surface area contributed by atoms with Gasteiger partial charge in [-0.1, -0.05) is 12.1 Å². The van der Waals surface area contributed by atoms with Crippen molar-refractivity contribution in [2.24, 2.45) is 0 Å². The molecule has 0 fully saturated rings. The number of benzene rings is 1. The molecule has 0 bridgehead atoms. The van der Waals surface area contributed by atoms with E-state index < -0.39 is 25.2 Å². The second-order valence-corrected chi connectivity index (χ2v) is 3.85. The Hall–Kier alpha value is -1.76. The zero-order valence-electron chi connectivity index (χ0n) is 10.4. The molecule has 1 rings (SSSR count). The minimum atomic E-state index is -4.41. The van der Waals surface area contributed by atoms with Crippen LogP contribution in [0.3, 0.4) is 0 Å². The van der Waals surface area contributed by atoms with E-state index in [-0.39, 0.29) is 0 Å². The molecule has 0 radical (unpaired) electrons. The molecule has 0 atom stereocenters. The Kier molecular flexibility index (Phi) is 5.62. The van der Waals surface area contributed by atoms with E-state index in [2.05, 4.69) is 5.32 Å². The van der Waals surface area contributed by atoms with E-state index in [1.54, 1.807) is 29.6 Å². The Morgan fingerprint density at radius 3 is 2.42 bits per heavy atom. The molecule has 106 valence electrons. The number of halogens is 3. The van der Waals surface area contributed by atoms with Gasteiger partial charge in [-0.2, -0.15) is 13.2 Å².